The number of hydrogen-bond donors (Lipinski definition) is 1. The molecule has 0 fully saturated rings. The first-order chi connectivity index (χ1) is 9.27. The number of furan rings is 1. The third kappa shape index (κ3) is 2.78. The molecule has 1 aromatic heterocycles. The monoisotopic (exact) mass is 257 g/mol. The van der Waals surface area contributed by atoms with Crippen molar-refractivity contribution in [1.82, 2.24) is 5.32 Å². The molecule has 2 rings (SSSR count). The van der Waals surface area contributed by atoms with E-state index < -0.39 is 0 Å². The number of fused-ring (bicyclic) bond motifs is 1. The Morgan fingerprint density at radius 1 is 1.47 bits per heavy atom. The van der Waals surface area contributed by atoms with Crippen LogP contribution in [0.4, 0.5) is 0 Å². The summed E-state index contributed by atoms with van der Waals surface area (Å²) in [6.07, 6.45) is 5.13. The lowest BCUT2D eigenvalue weighted by atomic mass is 10.1. The zero-order valence-electron chi connectivity index (χ0n) is 10.7. The Kier molecular flexibility index (Phi) is 4.22. The molecule has 98 valence electrons. The van der Waals surface area contributed by atoms with E-state index in [4.69, 9.17) is 15.6 Å². The second-order valence-corrected chi connectivity index (χ2v) is 3.93. The molecule has 0 atom stereocenters. The summed E-state index contributed by atoms with van der Waals surface area (Å²) in [4.78, 5) is 12.0. The molecule has 2 aromatic rings. The van der Waals surface area contributed by atoms with E-state index in [1.807, 2.05) is 31.2 Å². The van der Waals surface area contributed by atoms with E-state index in [0.29, 0.717) is 18.8 Å². The van der Waals surface area contributed by atoms with Crippen molar-refractivity contribution in [3.8, 4) is 12.3 Å². The number of carbonyl (C=O) groups excluding carboxylic acids is 1. The maximum atomic E-state index is 12.0. The van der Waals surface area contributed by atoms with Gasteiger partial charge in [0.15, 0.2) is 5.76 Å². The lowest BCUT2D eigenvalue weighted by Gasteiger charge is -2.03. The number of amides is 1. The number of carbonyl (C=O) groups is 1. The zero-order chi connectivity index (χ0) is 13.7. The number of ether oxygens (including phenoxy) is 1. The molecule has 0 radical (unpaired) electrons. The van der Waals surface area contributed by atoms with Gasteiger partial charge in [-0.2, -0.15) is 0 Å². The minimum absolute atomic E-state index is 0.171. The van der Waals surface area contributed by atoms with Crippen LogP contribution in [0.2, 0.25) is 0 Å². The van der Waals surface area contributed by atoms with Gasteiger partial charge in [0.1, 0.15) is 5.58 Å². The fraction of sp³-hybridized carbons (Fsp3) is 0.267. The molecular weight excluding hydrogens is 242 g/mol. The van der Waals surface area contributed by atoms with Gasteiger partial charge in [0.25, 0.3) is 5.91 Å². The third-order valence-corrected chi connectivity index (χ3v) is 2.71. The van der Waals surface area contributed by atoms with Gasteiger partial charge in [0, 0.05) is 17.6 Å². The topological polar surface area (TPSA) is 51.5 Å². The summed E-state index contributed by atoms with van der Waals surface area (Å²) in [7, 11) is 0. The molecule has 4 nitrogen and oxygen atoms in total. The molecule has 1 heterocycles. The lowest BCUT2D eigenvalue weighted by molar-refractivity contribution is 0.0920. The van der Waals surface area contributed by atoms with E-state index >= 15 is 0 Å². The summed E-state index contributed by atoms with van der Waals surface area (Å²) in [5, 5.41) is 3.49. The SMILES string of the molecule is C#CCNC(=O)c1oc2ccccc2c1COCC. The molecule has 0 aliphatic heterocycles. The van der Waals surface area contributed by atoms with E-state index in [-0.39, 0.29) is 18.2 Å². The van der Waals surface area contributed by atoms with Crippen molar-refractivity contribution >= 4 is 16.9 Å². The predicted octanol–water partition coefficient (Wildman–Crippen LogP) is 2.33. The number of benzene rings is 1. The van der Waals surface area contributed by atoms with E-state index in [1.54, 1.807) is 0 Å². The minimum Gasteiger partial charge on any atom is -0.451 e. The Morgan fingerprint density at radius 2 is 2.26 bits per heavy atom. The highest BCUT2D eigenvalue weighted by atomic mass is 16.5. The smallest absolute Gasteiger partial charge is 0.288 e. The van der Waals surface area contributed by atoms with Crippen molar-refractivity contribution < 1.29 is 13.9 Å². The molecule has 0 saturated heterocycles. The summed E-state index contributed by atoms with van der Waals surface area (Å²) in [5.41, 5.74) is 1.43. The molecule has 0 aliphatic carbocycles. The van der Waals surface area contributed by atoms with E-state index in [2.05, 4.69) is 11.2 Å². The highest BCUT2D eigenvalue weighted by Gasteiger charge is 2.19. The normalized spacial score (nSPS) is 10.3. The molecule has 19 heavy (non-hydrogen) atoms. The van der Waals surface area contributed by atoms with Crippen LogP contribution in [0.15, 0.2) is 28.7 Å². The van der Waals surface area contributed by atoms with Gasteiger partial charge in [-0.15, -0.1) is 6.42 Å². The first kappa shape index (κ1) is 13.2. The van der Waals surface area contributed by atoms with Crippen molar-refractivity contribution in [2.24, 2.45) is 0 Å². The summed E-state index contributed by atoms with van der Waals surface area (Å²) in [6, 6.07) is 7.49. The number of hydrogen-bond acceptors (Lipinski definition) is 3. The van der Waals surface area contributed by atoms with Crippen LogP contribution >= 0.6 is 0 Å². The lowest BCUT2D eigenvalue weighted by Crippen LogP contribution is -2.24. The number of para-hydroxylation sites is 1. The van der Waals surface area contributed by atoms with Crippen LogP contribution in [-0.2, 0) is 11.3 Å². The largest absolute Gasteiger partial charge is 0.451 e. The van der Waals surface area contributed by atoms with Crippen LogP contribution in [0, 0.1) is 12.3 Å². The van der Waals surface area contributed by atoms with Gasteiger partial charge < -0.3 is 14.5 Å². The van der Waals surface area contributed by atoms with Crippen LogP contribution in [0.25, 0.3) is 11.0 Å². The second-order valence-electron chi connectivity index (χ2n) is 3.93. The van der Waals surface area contributed by atoms with Gasteiger partial charge in [-0.3, -0.25) is 4.79 Å². The fourth-order valence-corrected chi connectivity index (χ4v) is 1.84. The Bertz CT molecular complexity index is 622. The Labute approximate surface area is 111 Å². The summed E-state index contributed by atoms with van der Waals surface area (Å²) < 4.78 is 11.0. The average molecular weight is 257 g/mol. The first-order valence-corrected chi connectivity index (χ1v) is 6.07. The molecule has 1 amide bonds. The van der Waals surface area contributed by atoms with Gasteiger partial charge in [0.2, 0.25) is 0 Å². The fourth-order valence-electron chi connectivity index (χ4n) is 1.84. The van der Waals surface area contributed by atoms with Crippen LogP contribution < -0.4 is 5.32 Å². The van der Waals surface area contributed by atoms with Crippen molar-refractivity contribution in [2.75, 3.05) is 13.2 Å². The molecule has 0 unspecified atom stereocenters. The summed E-state index contributed by atoms with van der Waals surface area (Å²) >= 11 is 0. The molecule has 1 N–H and O–H groups in total. The molecule has 0 spiro atoms. The molecule has 0 bridgehead atoms. The number of terminal acetylenes is 1. The number of rotatable bonds is 5. The highest BCUT2D eigenvalue weighted by molar-refractivity contribution is 5.99. The van der Waals surface area contributed by atoms with Crippen LogP contribution in [0.1, 0.15) is 23.0 Å². The van der Waals surface area contributed by atoms with E-state index in [1.165, 1.54) is 0 Å². The summed E-state index contributed by atoms with van der Waals surface area (Å²) in [6.45, 7) is 2.99. The van der Waals surface area contributed by atoms with Crippen molar-refractivity contribution in [3.05, 3.63) is 35.6 Å². The molecule has 1 aromatic carbocycles. The van der Waals surface area contributed by atoms with Crippen LogP contribution in [-0.4, -0.2) is 19.1 Å². The Morgan fingerprint density at radius 3 is 3.00 bits per heavy atom. The Balaban J connectivity index is 2.40. The maximum absolute atomic E-state index is 12.0. The van der Waals surface area contributed by atoms with Crippen LogP contribution in [0.3, 0.4) is 0 Å². The van der Waals surface area contributed by atoms with Crippen molar-refractivity contribution in [1.29, 1.82) is 0 Å². The predicted molar refractivity (Wildman–Crippen MR) is 72.7 cm³/mol. The molecule has 0 aliphatic rings. The van der Waals surface area contributed by atoms with Gasteiger partial charge in [0.05, 0.1) is 13.2 Å². The quantitative estimate of drug-likeness (QED) is 0.836. The zero-order valence-corrected chi connectivity index (χ0v) is 10.7. The Hall–Kier alpha value is -2.25. The molecule has 0 saturated carbocycles. The second kappa shape index (κ2) is 6.07. The first-order valence-electron chi connectivity index (χ1n) is 6.07. The van der Waals surface area contributed by atoms with Gasteiger partial charge in [-0.05, 0) is 13.0 Å². The van der Waals surface area contributed by atoms with Gasteiger partial charge >= 0.3 is 0 Å². The third-order valence-electron chi connectivity index (χ3n) is 2.71. The van der Waals surface area contributed by atoms with Crippen LogP contribution in [0.5, 0.6) is 0 Å². The van der Waals surface area contributed by atoms with Gasteiger partial charge in [-0.1, -0.05) is 24.1 Å². The van der Waals surface area contributed by atoms with E-state index in [0.717, 1.165) is 10.9 Å². The standard InChI is InChI=1S/C15H15NO3/c1-3-9-16-15(17)14-12(10-18-4-2)11-7-5-6-8-13(11)19-14/h1,5-8H,4,9-10H2,2H3,(H,16,17). The minimum atomic E-state index is -0.316. The average Bonchev–Trinajstić information content (AvgIpc) is 2.81. The highest BCUT2D eigenvalue weighted by Crippen LogP contribution is 2.26. The molecule has 4 heteroatoms. The van der Waals surface area contributed by atoms with Crippen molar-refractivity contribution in [3.63, 3.8) is 0 Å². The maximum Gasteiger partial charge on any atom is 0.288 e. The van der Waals surface area contributed by atoms with E-state index in [9.17, 15) is 4.79 Å². The molecular formula is C15H15NO3. The van der Waals surface area contributed by atoms with Crippen molar-refractivity contribution in [2.45, 2.75) is 13.5 Å². The summed E-state index contributed by atoms with van der Waals surface area (Å²) in [5.74, 6) is 2.31. The van der Waals surface area contributed by atoms with Gasteiger partial charge in [-0.25, -0.2) is 0 Å². The number of nitrogens with one attached hydrogen (secondary N) is 1.